The third-order valence-electron chi connectivity index (χ3n) is 10.3. The summed E-state index contributed by atoms with van der Waals surface area (Å²) in [5, 5.41) is 2.52. The van der Waals surface area contributed by atoms with Gasteiger partial charge in [-0.25, -0.2) is 14.4 Å². The van der Waals surface area contributed by atoms with Crippen LogP contribution in [0.15, 0.2) is 12.5 Å². The van der Waals surface area contributed by atoms with Crippen molar-refractivity contribution in [3.63, 3.8) is 0 Å². The third kappa shape index (κ3) is 7.55. The Morgan fingerprint density at radius 1 is 0.886 bits per heavy atom. The highest BCUT2D eigenvalue weighted by Gasteiger charge is 2.55. The van der Waals surface area contributed by atoms with E-state index in [0.717, 1.165) is 6.20 Å². The zero-order valence-electron chi connectivity index (χ0n) is 29.9. The SMILES string of the molecule is CC(=O)Nc1ncc(F)c2c1ncn2[C@@H]1O[C@H](CO[Si](C)(C)C(C)(C)C)[C@@H](O[Si](C)(C)C(C)(C)C)[C@H]1O[Si](C)(C)C(C)(C)C. The molecule has 1 fully saturated rings. The quantitative estimate of drug-likeness (QED) is 0.269. The van der Waals surface area contributed by atoms with E-state index in [2.05, 4.69) is 117 Å². The van der Waals surface area contributed by atoms with Gasteiger partial charge in [0.15, 0.2) is 42.8 Å². The van der Waals surface area contributed by atoms with Crippen LogP contribution in [-0.2, 0) is 22.8 Å². The molecule has 0 bridgehead atoms. The van der Waals surface area contributed by atoms with Gasteiger partial charge in [0.05, 0.1) is 19.1 Å². The van der Waals surface area contributed by atoms with Gasteiger partial charge in [-0.05, 0) is 54.4 Å². The summed E-state index contributed by atoms with van der Waals surface area (Å²) in [7, 11) is -6.88. The Labute approximate surface area is 267 Å². The molecule has 0 spiro atoms. The number of imidazole rings is 1. The Bertz CT molecular complexity index is 1340. The highest BCUT2D eigenvalue weighted by Crippen LogP contribution is 2.47. The molecule has 1 saturated heterocycles. The molecular weight excluding hydrogens is 612 g/mol. The van der Waals surface area contributed by atoms with Crippen LogP contribution in [0, 0.1) is 5.82 Å². The van der Waals surface area contributed by atoms with Crippen LogP contribution in [0.25, 0.3) is 11.0 Å². The molecule has 3 rings (SSSR count). The van der Waals surface area contributed by atoms with E-state index in [0.29, 0.717) is 6.61 Å². The number of pyridine rings is 1. The van der Waals surface area contributed by atoms with E-state index >= 15 is 4.39 Å². The minimum Gasteiger partial charge on any atom is -0.414 e. The van der Waals surface area contributed by atoms with Gasteiger partial charge in [-0.15, -0.1) is 0 Å². The van der Waals surface area contributed by atoms with Crippen molar-refractivity contribution in [2.75, 3.05) is 11.9 Å². The molecule has 0 radical (unpaired) electrons. The lowest BCUT2D eigenvalue weighted by molar-refractivity contribution is -0.114. The first kappa shape index (κ1) is 37.0. The summed E-state index contributed by atoms with van der Waals surface area (Å²) < 4.78 is 45.3. The van der Waals surface area contributed by atoms with Crippen LogP contribution in [-0.4, -0.2) is 70.3 Å². The van der Waals surface area contributed by atoms with E-state index in [1.54, 1.807) is 10.9 Å². The van der Waals surface area contributed by atoms with Gasteiger partial charge in [-0.2, -0.15) is 0 Å². The molecule has 44 heavy (non-hydrogen) atoms. The van der Waals surface area contributed by atoms with E-state index in [4.69, 9.17) is 18.0 Å². The second kappa shape index (κ2) is 12.3. The Kier molecular flexibility index (Phi) is 10.3. The maximum Gasteiger partial charge on any atom is 0.222 e. The number of halogens is 1. The number of rotatable bonds is 9. The molecule has 13 heteroatoms. The first-order valence-corrected chi connectivity index (χ1v) is 24.4. The number of hydrogen-bond acceptors (Lipinski definition) is 7. The Morgan fingerprint density at radius 2 is 1.39 bits per heavy atom. The van der Waals surface area contributed by atoms with E-state index in [1.807, 2.05) is 0 Å². The number of ether oxygens (including phenoxy) is 1. The van der Waals surface area contributed by atoms with Crippen molar-refractivity contribution in [2.45, 2.75) is 148 Å². The standard InChI is InChI=1S/C31H57FN4O5Si3/c1-20(37)35-27-23-24(21(32)17-33-27)36(19-34-23)28-26(41-44(15,16)31(8,9)10)25(40-43(13,14)30(5,6)7)22(39-28)18-38-42(11,12)29(2,3)4/h17,19,22,25-26,28H,18H2,1-16H3,(H,33,35,37)/t22-,25-,26-,28-/m1/s1. The smallest absolute Gasteiger partial charge is 0.222 e. The number of fused-ring (bicyclic) bond motifs is 1. The molecule has 1 aliphatic rings. The predicted molar refractivity (Wildman–Crippen MR) is 183 cm³/mol. The zero-order chi connectivity index (χ0) is 33.8. The molecule has 1 aliphatic heterocycles. The van der Waals surface area contributed by atoms with Crippen LogP contribution in [0.3, 0.4) is 0 Å². The number of aromatic nitrogens is 3. The summed E-state index contributed by atoms with van der Waals surface area (Å²) in [5.41, 5.74) is 0.437. The van der Waals surface area contributed by atoms with Crippen LogP contribution in [0.5, 0.6) is 0 Å². The maximum absolute atomic E-state index is 15.6. The van der Waals surface area contributed by atoms with Gasteiger partial charge in [-0.1, -0.05) is 62.3 Å². The molecule has 1 amide bonds. The number of nitrogens with one attached hydrogen (secondary N) is 1. The number of amides is 1. The molecule has 250 valence electrons. The average Bonchev–Trinajstić information content (AvgIpc) is 3.40. The highest BCUT2D eigenvalue weighted by molar-refractivity contribution is 6.75. The highest BCUT2D eigenvalue weighted by atomic mass is 28.4. The van der Waals surface area contributed by atoms with Crippen molar-refractivity contribution < 1.29 is 27.2 Å². The van der Waals surface area contributed by atoms with Crippen molar-refractivity contribution in [1.29, 1.82) is 0 Å². The number of hydrogen-bond donors (Lipinski definition) is 1. The van der Waals surface area contributed by atoms with Crippen LogP contribution in [0.2, 0.25) is 54.4 Å². The first-order chi connectivity index (χ1) is 19.7. The largest absolute Gasteiger partial charge is 0.414 e. The van der Waals surface area contributed by atoms with E-state index in [-0.39, 0.29) is 37.9 Å². The Hall–Kier alpha value is -1.49. The molecule has 4 atom stereocenters. The van der Waals surface area contributed by atoms with Gasteiger partial charge in [0, 0.05) is 6.92 Å². The monoisotopic (exact) mass is 668 g/mol. The normalized spacial score (nSPS) is 22.6. The van der Waals surface area contributed by atoms with Gasteiger partial charge >= 0.3 is 0 Å². The molecule has 9 nitrogen and oxygen atoms in total. The summed E-state index contributed by atoms with van der Waals surface area (Å²) in [5.74, 6) is -0.689. The molecule has 0 aliphatic carbocycles. The van der Waals surface area contributed by atoms with E-state index in [1.165, 1.54) is 6.92 Å². The van der Waals surface area contributed by atoms with Crippen LogP contribution in [0.4, 0.5) is 10.2 Å². The molecule has 1 N–H and O–H groups in total. The minimum absolute atomic E-state index is 0.00855. The lowest BCUT2D eigenvalue weighted by Crippen LogP contribution is -2.54. The summed E-state index contributed by atoms with van der Waals surface area (Å²) in [6.07, 6.45) is 0.415. The van der Waals surface area contributed by atoms with Crippen molar-refractivity contribution >= 4 is 47.7 Å². The summed E-state index contributed by atoms with van der Waals surface area (Å²) in [4.78, 5) is 20.5. The van der Waals surface area contributed by atoms with Gasteiger partial charge in [0.25, 0.3) is 0 Å². The lowest BCUT2D eigenvalue weighted by atomic mass is 10.1. The van der Waals surface area contributed by atoms with Crippen LogP contribution >= 0.6 is 0 Å². The van der Waals surface area contributed by atoms with E-state index < -0.39 is 55.3 Å². The topological polar surface area (TPSA) is 96.7 Å². The number of carbonyl (C=O) groups is 1. The van der Waals surface area contributed by atoms with Crippen molar-refractivity contribution in [3.05, 3.63) is 18.3 Å². The molecule has 2 aromatic rings. The minimum atomic E-state index is -2.39. The van der Waals surface area contributed by atoms with Crippen molar-refractivity contribution in [3.8, 4) is 0 Å². The van der Waals surface area contributed by atoms with Gasteiger partial charge in [0.2, 0.25) is 5.91 Å². The Morgan fingerprint density at radius 3 is 1.86 bits per heavy atom. The summed E-state index contributed by atoms with van der Waals surface area (Å²) in [6.45, 7) is 34.9. The fourth-order valence-corrected chi connectivity index (χ4v) is 7.96. The predicted octanol–water partition coefficient (Wildman–Crippen LogP) is 8.23. The molecule has 0 unspecified atom stereocenters. The molecule has 0 saturated carbocycles. The fraction of sp³-hybridized carbons (Fsp3) is 0.774. The molecule has 0 aromatic carbocycles. The molecule has 2 aromatic heterocycles. The second-order valence-corrected chi connectivity index (χ2v) is 31.1. The van der Waals surface area contributed by atoms with Crippen molar-refractivity contribution in [2.24, 2.45) is 0 Å². The van der Waals surface area contributed by atoms with Gasteiger partial charge in [-0.3, -0.25) is 9.36 Å². The van der Waals surface area contributed by atoms with E-state index in [9.17, 15) is 4.79 Å². The number of carbonyl (C=O) groups excluding carboxylic acids is 1. The van der Waals surface area contributed by atoms with Crippen LogP contribution in [0.1, 0.15) is 75.5 Å². The number of nitrogens with zero attached hydrogens (tertiary/aromatic N) is 3. The molecular formula is C31H57FN4O5Si3. The summed E-state index contributed by atoms with van der Waals surface area (Å²) in [6, 6.07) is 0. The van der Waals surface area contributed by atoms with Crippen molar-refractivity contribution in [1.82, 2.24) is 14.5 Å². The average molecular weight is 669 g/mol. The second-order valence-electron chi connectivity index (χ2n) is 16.8. The van der Waals surface area contributed by atoms with Crippen LogP contribution < -0.4 is 5.32 Å². The fourth-order valence-electron chi connectivity index (χ4n) is 4.34. The van der Waals surface area contributed by atoms with Gasteiger partial charge in [0.1, 0.15) is 29.3 Å². The summed E-state index contributed by atoms with van der Waals surface area (Å²) >= 11 is 0. The lowest BCUT2D eigenvalue weighted by Gasteiger charge is -2.44. The Balaban J connectivity index is 2.22. The molecule has 3 heterocycles. The van der Waals surface area contributed by atoms with Gasteiger partial charge < -0.3 is 23.3 Å². The third-order valence-corrected chi connectivity index (χ3v) is 23.7. The number of anilines is 1. The zero-order valence-corrected chi connectivity index (χ0v) is 32.9. The maximum atomic E-state index is 15.6. The first-order valence-electron chi connectivity index (χ1n) is 15.6.